The molecule has 9 heteroatoms. The van der Waals surface area contributed by atoms with Crippen molar-refractivity contribution in [2.75, 3.05) is 14.2 Å². The smallest absolute Gasteiger partial charge is 0.270 e. The molecule has 0 saturated carbocycles. The molecule has 1 aromatic rings. The maximum Gasteiger partial charge on any atom is 0.270 e. The van der Waals surface area contributed by atoms with E-state index >= 15 is 0 Å². The zero-order chi connectivity index (χ0) is 13.2. The number of nitrogens with zero attached hydrogens (tertiary/aromatic N) is 1. The van der Waals surface area contributed by atoms with E-state index in [1.54, 1.807) is 0 Å². The maximum atomic E-state index is 12.8. The predicted octanol–water partition coefficient (Wildman–Crippen LogP) is 0.684. The van der Waals surface area contributed by atoms with Gasteiger partial charge in [0.1, 0.15) is 10.5 Å². The molecule has 0 aliphatic heterocycles. The van der Waals surface area contributed by atoms with E-state index in [2.05, 4.69) is 14.5 Å². The lowest BCUT2D eigenvalue weighted by atomic mass is 10.2. The topological polar surface area (TPSA) is 91.5 Å². The second-order valence-electron chi connectivity index (χ2n) is 2.92. The van der Waals surface area contributed by atoms with Gasteiger partial charge in [0, 0.05) is 0 Å². The van der Waals surface area contributed by atoms with Crippen molar-refractivity contribution in [2.45, 2.75) is 11.3 Å². The van der Waals surface area contributed by atoms with Crippen LogP contribution in [0.1, 0.15) is 12.0 Å². The first-order chi connectivity index (χ1) is 7.82. The highest BCUT2D eigenvalue weighted by Crippen LogP contribution is 2.37. The molecule has 0 aliphatic rings. The number of methoxy groups -OCH3 is 2. The Labute approximate surface area is 96.4 Å². The molecule has 0 aromatic carbocycles. The van der Waals surface area contributed by atoms with E-state index in [-0.39, 0.29) is 5.75 Å². The van der Waals surface area contributed by atoms with Gasteiger partial charge in [0.25, 0.3) is 6.43 Å². The number of hydrogen-bond acceptors (Lipinski definition) is 5. The molecule has 0 spiro atoms. The van der Waals surface area contributed by atoms with Crippen molar-refractivity contribution in [3.63, 3.8) is 0 Å². The zero-order valence-corrected chi connectivity index (χ0v) is 9.79. The molecule has 1 rings (SSSR count). The minimum Gasteiger partial charge on any atom is -0.494 e. The molecular formula is C8H10F2N2O4S. The second kappa shape index (κ2) is 4.80. The van der Waals surface area contributed by atoms with Gasteiger partial charge in [-0.25, -0.2) is 27.3 Å². The Hall–Kier alpha value is -1.48. The van der Waals surface area contributed by atoms with Crippen LogP contribution in [0.5, 0.6) is 11.6 Å². The molecule has 96 valence electrons. The monoisotopic (exact) mass is 268 g/mol. The summed E-state index contributed by atoms with van der Waals surface area (Å²) in [6, 6.07) is 0. The Morgan fingerprint density at radius 2 is 1.94 bits per heavy atom. The van der Waals surface area contributed by atoms with Gasteiger partial charge in [-0.3, -0.25) is 0 Å². The van der Waals surface area contributed by atoms with Crippen LogP contribution in [0.15, 0.2) is 11.1 Å². The fourth-order valence-corrected chi connectivity index (χ4v) is 2.17. The summed E-state index contributed by atoms with van der Waals surface area (Å²) in [5, 5.41) is 4.87. The molecule has 6 nitrogen and oxygen atoms in total. The molecule has 1 aromatic heterocycles. The molecule has 0 bridgehead atoms. The van der Waals surface area contributed by atoms with Crippen LogP contribution in [0.4, 0.5) is 8.78 Å². The first-order valence-electron chi connectivity index (χ1n) is 4.24. The normalized spacial score (nSPS) is 11.6. The van der Waals surface area contributed by atoms with Crippen LogP contribution >= 0.6 is 0 Å². The number of rotatable bonds is 4. The number of sulfonamides is 1. The van der Waals surface area contributed by atoms with Gasteiger partial charge in [-0.15, -0.1) is 0 Å². The molecule has 0 atom stereocenters. The van der Waals surface area contributed by atoms with E-state index in [1.807, 2.05) is 0 Å². The van der Waals surface area contributed by atoms with Gasteiger partial charge in [0.15, 0.2) is 5.75 Å². The molecule has 0 amide bonds. The Kier molecular flexibility index (Phi) is 3.83. The van der Waals surface area contributed by atoms with E-state index in [1.165, 1.54) is 0 Å². The maximum absolute atomic E-state index is 12.8. The number of pyridine rings is 1. The summed E-state index contributed by atoms with van der Waals surface area (Å²) < 4.78 is 57.5. The Morgan fingerprint density at radius 1 is 1.35 bits per heavy atom. The summed E-state index contributed by atoms with van der Waals surface area (Å²) in [5.74, 6) is -0.867. The summed E-state index contributed by atoms with van der Waals surface area (Å²) in [6.07, 6.45) is -2.16. The minimum absolute atomic E-state index is 0.358. The van der Waals surface area contributed by atoms with E-state index in [0.29, 0.717) is 0 Å². The largest absolute Gasteiger partial charge is 0.494 e. The van der Waals surface area contributed by atoms with Gasteiger partial charge in [-0.1, -0.05) is 0 Å². The highest BCUT2D eigenvalue weighted by atomic mass is 32.2. The van der Waals surface area contributed by atoms with E-state index < -0.39 is 32.8 Å². The molecule has 0 aliphatic carbocycles. The molecule has 0 radical (unpaired) electrons. The fourth-order valence-electron chi connectivity index (χ4n) is 1.27. The summed E-state index contributed by atoms with van der Waals surface area (Å²) >= 11 is 0. The van der Waals surface area contributed by atoms with E-state index in [4.69, 9.17) is 5.14 Å². The molecule has 0 unspecified atom stereocenters. The number of halogens is 2. The van der Waals surface area contributed by atoms with Crippen LogP contribution in [0.3, 0.4) is 0 Å². The molecule has 0 saturated heterocycles. The quantitative estimate of drug-likeness (QED) is 0.867. The van der Waals surface area contributed by atoms with Crippen molar-refractivity contribution < 1.29 is 26.7 Å². The SMILES string of the molecule is COc1cnc(OC)c(C(F)F)c1S(N)(=O)=O. The highest BCUT2D eigenvalue weighted by molar-refractivity contribution is 7.89. The summed E-state index contributed by atoms with van der Waals surface area (Å²) in [5.41, 5.74) is -0.908. The van der Waals surface area contributed by atoms with E-state index in [0.717, 1.165) is 20.4 Å². The van der Waals surface area contributed by atoms with Crippen molar-refractivity contribution >= 4 is 10.0 Å². The third-order valence-electron chi connectivity index (χ3n) is 1.91. The molecule has 2 N–H and O–H groups in total. The number of aromatic nitrogens is 1. The van der Waals surface area contributed by atoms with Crippen molar-refractivity contribution in [3.05, 3.63) is 11.8 Å². The van der Waals surface area contributed by atoms with Gasteiger partial charge in [-0.2, -0.15) is 0 Å². The fraction of sp³-hybridized carbons (Fsp3) is 0.375. The highest BCUT2D eigenvalue weighted by Gasteiger charge is 2.30. The van der Waals surface area contributed by atoms with Crippen LogP contribution in [0, 0.1) is 0 Å². The molecule has 1 heterocycles. The van der Waals surface area contributed by atoms with Crippen LogP contribution in [-0.2, 0) is 10.0 Å². The predicted molar refractivity (Wildman–Crippen MR) is 53.7 cm³/mol. The van der Waals surface area contributed by atoms with Crippen molar-refractivity contribution in [1.82, 2.24) is 4.98 Å². The lowest BCUT2D eigenvalue weighted by Gasteiger charge is -2.13. The van der Waals surface area contributed by atoms with Gasteiger partial charge < -0.3 is 9.47 Å². The third-order valence-corrected chi connectivity index (χ3v) is 2.90. The lowest BCUT2D eigenvalue weighted by molar-refractivity contribution is 0.141. The Morgan fingerprint density at radius 3 is 2.29 bits per heavy atom. The van der Waals surface area contributed by atoms with Gasteiger partial charge in [0.05, 0.1) is 20.4 Å². The summed E-state index contributed by atoms with van der Waals surface area (Å²) in [4.78, 5) is 2.70. The van der Waals surface area contributed by atoms with Gasteiger partial charge in [-0.05, 0) is 0 Å². The second-order valence-corrected chi connectivity index (χ2v) is 4.42. The van der Waals surface area contributed by atoms with Gasteiger partial charge >= 0.3 is 0 Å². The van der Waals surface area contributed by atoms with Crippen LogP contribution in [0.2, 0.25) is 0 Å². The number of ether oxygens (including phenoxy) is 2. The van der Waals surface area contributed by atoms with Crippen molar-refractivity contribution in [1.29, 1.82) is 0 Å². The number of alkyl halides is 2. The van der Waals surface area contributed by atoms with Crippen LogP contribution in [0.25, 0.3) is 0 Å². The number of primary sulfonamides is 1. The minimum atomic E-state index is -4.38. The lowest BCUT2D eigenvalue weighted by Crippen LogP contribution is -2.17. The average Bonchev–Trinajstić information content (AvgIpc) is 2.25. The third kappa shape index (κ3) is 2.61. The van der Waals surface area contributed by atoms with Gasteiger partial charge in [0.2, 0.25) is 15.9 Å². The van der Waals surface area contributed by atoms with Crippen LogP contribution in [-0.4, -0.2) is 27.6 Å². The number of hydrogen-bond donors (Lipinski definition) is 1. The van der Waals surface area contributed by atoms with E-state index in [9.17, 15) is 17.2 Å². The Bertz CT molecular complexity index is 519. The average molecular weight is 268 g/mol. The molecule has 17 heavy (non-hydrogen) atoms. The molecule has 0 fully saturated rings. The first kappa shape index (κ1) is 13.6. The van der Waals surface area contributed by atoms with Crippen molar-refractivity contribution in [3.8, 4) is 11.6 Å². The molecular weight excluding hydrogens is 258 g/mol. The standard InChI is InChI=1S/C8H10F2N2O4S/c1-15-4-3-12-8(16-2)5(7(9)10)6(4)17(11,13)14/h3,7H,1-2H3,(H2,11,13,14). The van der Waals surface area contributed by atoms with Crippen molar-refractivity contribution in [2.24, 2.45) is 5.14 Å². The number of nitrogens with two attached hydrogens (primary N) is 1. The summed E-state index contributed by atoms with van der Waals surface area (Å²) in [7, 11) is -2.17. The first-order valence-corrected chi connectivity index (χ1v) is 5.79. The Balaban J connectivity index is 3.71. The van der Waals surface area contributed by atoms with Crippen LogP contribution < -0.4 is 14.6 Å². The zero-order valence-electron chi connectivity index (χ0n) is 8.98. The summed E-state index contributed by atoms with van der Waals surface area (Å²) in [6.45, 7) is 0.